The van der Waals surface area contributed by atoms with E-state index in [0.29, 0.717) is 29.0 Å². The maximum absolute atomic E-state index is 12.9. The Labute approximate surface area is 244 Å². The van der Waals surface area contributed by atoms with E-state index in [4.69, 9.17) is 42.1 Å². The molecule has 0 fully saturated rings. The smallest absolute Gasteiger partial charge is 0.410 e. The van der Waals surface area contributed by atoms with Gasteiger partial charge < -0.3 is 29.0 Å². The number of amides is 1. The molecule has 0 bridgehead atoms. The van der Waals surface area contributed by atoms with Gasteiger partial charge in [-0.2, -0.15) is 0 Å². The summed E-state index contributed by atoms with van der Waals surface area (Å²) < 4.78 is 22.4. The summed E-state index contributed by atoms with van der Waals surface area (Å²) in [5, 5.41) is 10.3. The lowest BCUT2D eigenvalue weighted by atomic mass is 10.1. The molecule has 40 heavy (non-hydrogen) atoms. The number of ether oxygens (including phenoxy) is 4. The molecule has 0 aromatic heterocycles. The lowest BCUT2D eigenvalue weighted by Crippen LogP contribution is -2.37. The Bertz CT molecular complexity index is 1190. The van der Waals surface area contributed by atoms with E-state index in [1.165, 1.54) is 4.90 Å². The summed E-state index contributed by atoms with van der Waals surface area (Å²) in [5.41, 5.74) is 2.53. The van der Waals surface area contributed by atoms with Gasteiger partial charge in [0.2, 0.25) is 0 Å². The lowest BCUT2D eigenvalue weighted by molar-refractivity contribution is -0.149. The summed E-state index contributed by atoms with van der Waals surface area (Å²) in [4.78, 5) is 25.7. The van der Waals surface area contributed by atoms with Crippen molar-refractivity contribution in [2.75, 3.05) is 32.9 Å². The highest BCUT2D eigenvalue weighted by atomic mass is 35.5. The van der Waals surface area contributed by atoms with E-state index in [9.17, 15) is 14.7 Å². The molecule has 3 aromatic carbocycles. The van der Waals surface area contributed by atoms with Gasteiger partial charge in [-0.25, -0.2) is 9.59 Å². The largest absolute Gasteiger partial charge is 0.492 e. The Kier molecular flexibility index (Phi) is 13.1. The fraction of sp³-hybridized carbons (Fsp3) is 0.333. The molecule has 0 radical (unpaired) electrons. The Morgan fingerprint density at radius 3 is 2.17 bits per heavy atom. The minimum atomic E-state index is -0.998. The third kappa shape index (κ3) is 11.1. The first kappa shape index (κ1) is 31.2. The van der Waals surface area contributed by atoms with E-state index < -0.39 is 18.2 Å². The molecule has 0 spiro atoms. The molecule has 3 aromatic rings. The second-order valence-corrected chi connectivity index (χ2v) is 9.71. The highest BCUT2D eigenvalue weighted by Crippen LogP contribution is 2.20. The van der Waals surface area contributed by atoms with Crippen molar-refractivity contribution in [1.82, 2.24) is 4.90 Å². The zero-order chi connectivity index (χ0) is 28.7. The van der Waals surface area contributed by atoms with Gasteiger partial charge in [-0.1, -0.05) is 65.7 Å². The maximum Gasteiger partial charge on any atom is 0.410 e. The van der Waals surface area contributed by atoms with E-state index in [1.807, 2.05) is 30.3 Å². The molecule has 8 nitrogen and oxygen atoms in total. The Morgan fingerprint density at radius 1 is 0.850 bits per heavy atom. The molecule has 214 valence electrons. The molecule has 1 N–H and O–H groups in total. The molecule has 3 rings (SSSR count). The van der Waals surface area contributed by atoms with Crippen LogP contribution in [0.3, 0.4) is 0 Å². The number of aliphatic carboxylic acids is 1. The summed E-state index contributed by atoms with van der Waals surface area (Å²) in [6.07, 6.45) is -1.12. The zero-order valence-corrected chi connectivity index (χ0v) is 23.8. The number of halogens is 2. The van der Waals surface area contributed by atoms with Crippen LogP contribution in [0.4, 0.5) is 4.79 Å². The van der Waals surface area contributed by atoms with Gasteiger partial charge in [0.05, 0.1) is 19.8 Å². The molecule has 1 amide bonds. The third-order valence-electron chi connectivity index (χ3n) is 5.78. The molecule has 0 heterocycles. The summed E-state index contributed by atoms with van der Waals surface area (Å²) in [6.45, 7) is 3.58. The average molecular weight is 591 g/mol. The van der Waals surface area contributed by atoms with Crippen LogP contribution in [0.2, 0.25) is 10.0 Å². The Balaban J connectivity index is 1.52. The number of carboxylic acids is 1. The molecule has 1 unspecified atom stereocenters. The lowest BCUT2D eigenvalue weighted by Gasteiger charge is -2.22. The van der Waals surface area contributed by atoms with Crippen molar-refractivity contribution in [3.8, 4) is 5.75 Å². The number of carbonyl (C=O) groups is 2. The molecule has 10 heteroatoms. The van der Waals surface area contributed by atoms with Crippen LogP contribution in [0.25, 0.3) is 0 Å². The predicted molar refractivity (Wildman–Crippen MR) is 153 cm³/mol. The summed E-state index contributed by atoms with van der Waals surface area (Å²) in [5.74, 6) is -0.402. The Morgan fingerprint density at radius 2 is 1.52 bits per heavy atom. The van der Waals surface area contributed by atoms with Crippen LogP contribution in [0.15, 0.2) is 72.8 Å². The van der Waals surface area contributed by atoms with Gasteiger partial charge in [0.15, 0.2) is 6.10 Å². The molecule has 0 saturated carbocycles. The highest BCUT2D eigenvalue weighted by Gasteiger charge is 2.18. The fourth-order valence-corrected chi connectivity index (χ4v) is 4.36. The van der Waals surface area contributed by atoms with Crippen molar-refractivity contribution in [1.29, 1.82) is 0 Å². The molecular weight excluding hydrogens is 557 g/mol. The van der Waals surface area contributed by atoms with Crippen LogP contribution in [-0.2, 0) is 38.6 Å². The number of benzene rings is 3. The molecule has 1 atom stereocenters. The van der Waals surface area contributed by atoms with Crippen LogP contribution in [0.1, 0.15) is 23.6 Å². The quantitative estimate of drug-likeness (QED) is 0.197. The van der Waals surface area contributed by atoms with E-state index in [2.05, 4.69) is 0 Å². The number of carboxylic acid groups (broad SMARTS) is 1. The van der Waals surface area contributed by atoms with Crippen molar-refractivity contribution >= 4 is 35.3 Å². The molecular formula is C30H33Cl2NO7. The van der Waals surface area contributed by atoms with Crippen molar-refractivity contribution in [2.45, 2.75) is 32.7 Å². The maximum atomic E-state index is 12.9. The van der Waals surface area contributed by atoms with Gasteiger partial charge in [-0.05, 0) is 53.9 Å². The summed E-state index contributed by atoms with van der Waals surface area (Å²) in [7, 11) is 0. The molecule has 0 saturated heterocycles. The van der Waals surface area contributed by atoms with Crippen LogP contribution in [0, 0.1) is 0 Å². The topological polar surface area (TPSA) is 94.5 Å². The normalized spacial score (nSPS) is 11.6. The number of rotatable bonds is 16. The Hall–Kier alpha value is -3.30. The van der Waals surface area contributed by atoms with Crippen molar-refractivity contribution in [3.05, 3.63) is 99.5 Å². The van der Waals surface area contributed by atoms with Gasteiger partial charge >= 0.3 is 12.1 Å². The van der Waals surface area contributed by atoms with Crippen LogP contribution in [-0.4, -0.2) is 61.1 Å². The van der Waals surface area contributed by atoms with Crippen molar-refractivity contribution in [3.63, 3.8) is 0 Å². The van der Waals surface area contributed by atoms with Crippen LogP contribution in [0.5, 0.6) is 5.75 Å². The van der Waals surface area contributed by atoms with Gasteiger partial charge in [0.1, 0.15) is 19.0 Å². The van der Waals surface area contributed by atoms with E-state index in [-0.39, 0.29) is 39.3 Å². The molecule has 0 aliphatic rings. The minimum Gasteiger partial charge on any atom is -0.492 e. The summed E-state index contributed by atoms with van der Waals surface area (Å²) >= 11 is 12.1. The third-order valence-corrected chi connectivity index (χ3v) is 6.21. The SMILES string of the molecule is CCOC(Cc1ccc(OCCN(CCOCc2cc(Cl)cc(Cl)c2)C(=O)OCc2ccccc2)cc1)C(=O)O. The standard InChI is InChI=1S/C30H33Cl2NO7/c1-2-38-28(29(34)35)18-22-8-10-27(11-9-22)39-15-13-33(30(36)40-21-23-6-4-3-5-7-23)12-14-37-20-24-16-25(31)19-26(32)17-24/h3-11,16-17,19,28H,2,12-15,18,20-21H2,1H3,(H,34,35). The average Bonchev–Trinajstić information content (AvgIpc) is 2.93. The predicted octanol–water partition coefficient (Wildman–Crippen LogP) is 6.26. The number of carbonyl (C=O) groups excluding carboxylic acids is 1. The number of hydrogen-bond acceptors (Lipinski definition) is 6. The van der Waals surface area contributed by atoms with Crippen LogP contribution < -0.4 is 4.74 Å². The first-order chi connectivity index (χ1) is 19.3. The van der Waals surface area contributed by atoms with E-state index in [0.717, 1.165) is 16.7 Å². The van der Waals surface area contributed by atoms with Gasteiger partial charge in [-0.15, -0.1) is 0 Å². The van der Waals surface area contributed by atoms with Gasteiger partial charge in [0, 0.05) is 29.6 Å². The number of nitrogens with zero attached hydrogens (tertiary/aromatic N) is 1. The second-order valence-electron chi connectivity index (χ2n) is 8.84. The number of hydrogen-bond donors (Lipinski definition) is 1. The monoisotopic (exact) mass is 589 g/mol. The van der Waals surface area contributed by atoms with E-state index >= 15 is 0 Å². The first-order valence-electron chi connectivity index (χ1n) is 12.9. The first-order valence-corrected chi connectivity index (χ1v) is 13.6. The fourth-order valence-electron chi connectivity index (χ4n) is 3.79. The molecule has 0 aliphatic carbocycles. The highest BCUT2D eigenvalue weighted by molar-refractivity contribution is 6.34. The minimum absolute atomic E-state index is 0.152. The second kappa shape index (κ2) is 16.7. The van der Waals surface area contributed by atoms with E-state index in [1.54, 1.807) is 49.4 Å². The zero-order valence-electron chi connectivity index (χ0n) is 22.3. The summed E-state index contributed by atoms with van der Waals surface area (Å²) in [6, 6.07) is 21.8. The van der Waals surface area contributed by atoms with Crippen molar-refractivity contribution in [2.24, 2.45) is 0 Å². The van der Waals surface area contributed by atoms with Gasteiger partial charge in [0.25, 0.3) is 0 Å². The molecule has 0 aliphatic heterocycles. The van der Waals surface area contributed by atoms with Crippen molar-refractivity contribution < 1.29 is 33.6 Å². The van der Waals surface area contributed by atoms with Gasteiger partial charge in [-0.3, -0.25) is 0 Å². The van der Waals surface area contributed by atoms with Crippen LogP contribution >= 0.6 is 23.2 Å².